The topological polar surface area (TPSA) is 29.5 Å². The predicted molar refractivity (Wildman–Crippen MR) is 52.1 cm³/mol. The van der Waals surface area contributed by atoms with Gasteiger partial charge in [0.2, 0.25) is 0 Å². The molecule has 0 radical (unpaired) electrons. The lowest BCUT2D eigenvalue weighted by molar-refractivity contribution is 0.415. The molecule has 0 heterocycles. The van der Waals surface area contributed by atoms with Crippen LogP contribution in [0, 0.1) is 5.82 Å². The van der Waals surface area contributed by atoms with Crippen molar-refractivity contribution in [3.63, 3.8) is 0 Å². The summed E-state index contributed by atoms with van der Waals surface area (Å²) >= 11 is 0. The van der Waals surface area contributed by atoms with Crippen LogP contribution in [0.1, 0.15) is 0 Å². The minimum atomic E-state index is -0.609. The van der Waals surface area contributed by atoms with Crippen molar-refractivity contribution in [1.29, 1.82) is 0 Å². The molecule has 0 aliphatic carbocycles. The van der Waals surface area contributed by atoms with E-state index in [4.69, 9.17) is 4.74 Å². The molecule has 14 heavy (non-hydrogen) atoms. The number of phenolic OH excluding ortho intramolecular Hbond substituents is 1. The van der Waals surface area contributed by atoms with E-state index in [1.165, 1.54) is 6.07 Å². The molecule has 0 aliphatic heterocycles. The number of hydrogen-bond donors (Lipinski definition) is 1. The zero-order valence-electron chi connectivity index (χ0n) is 7.62. The Morgan fingerprint density at radius 2 is 2.00 bits per heavy atom. The first kappa shape index (κ1) is 8.81. The summed E-state index contributed by atoms with van der Waals surface area (Å²) in [5, 5.41) is 10.7. The maximum atomic E-state index is 12.9. The molecular formula is C11H9FO2. The lowest BCUT2D eigenvalue weighted by Gasteiger charge is -2.04. The van der Waals surface area contributed by atoms with Gasteiger partial charge in [-0.15, -0.1) is 0 Å². The van der Waals surface area contributed by atoms with Crippen molar-refractivity contribution in [2.75, 3.05) is 7.11 Å². The van der Waals surface area contributed by atoms with E-state index in [0.29, 0.717) is 11.1 Å². The Kier molecular flexibility index (Phi) is 2.00. The molecule has 0 fully saturated rings. The van der Waals surface area contributed by atoms with Gasteiger partial charge in [-0.3, -0.25) is 0 Å². The summed E-state index contributed by atoms with van der Waals surface area (Å²) < 4.78 is 18.0. The van der Waals surface area contributed by atoms with Crippen LogP contribution in [0.15, 0.2) is 30.3 Å². The summed E-state index contributed by atoms with van der Waals surface area (Å²) in [6, 6.07) is 7.90. The molecule has 0 aliphatic rings. The van der Waals surface area contributed by atoms with Gasteiger partial charge in [0, 0.05) is 5.39 Å². The van der Waals surface area contributed by atoms with Crippen molar-refractivity contribution in [3.05, 3.63) is 36.1 Å². The third-order valence-corrected chi connectivity index (χ3v) is 2.15. The van der Waals surface area contributed by atoms with Crippen LogP contribution in [0.3, 0.4) is 0 Å². The zero-order chi connectivity index (χ0) is 10.1. The zero-order valence-corrected chi connectivity index (χ0v) is 7.62. The van der Waals surface area contributed by atoms with E-state index in [0.717, 1.165) is 5.39 Å². The van der Waals surface area contributed by atoms with Crippen molar-refractivity contribution in [2.24, 2.45) is 0 Å². The molecule has 2 aromatic carbocycles. The van der Waals surface area contributed by atoms with E-state index in [1.54, 1.807) is 31.4 Å². The second kappa shape index (κ2) is 3.18. The summed E-state index contributed by atoms with van der Waals surface area (Å²) in [5.41, 5.74) is 0. The van der Waals surface area contributed by atoms with Crippen molar-refractivity contribution in [1.82, 2.24) is 0 Å². The second-order valence-electron chi connectivity index (χ2n) is 2.98. The Bertz CT molecular complexity index is 480. The maximum Gasteiger partial charge on any atom is 0.165 e. The fraction of sp³-hybridized carbons (Fsp3) is 0.0909. The highest BCUT2D eigenvalue weighted by molar-refractivity contribution is 5.89. The predicted octanol–water partition coefficient (Wildman–Crippen LogP) is 2.69. The van der Waals surface area contributed by atoms with Crippen LogP contribution >= 0.6 is 0 Å². The fourth-order valence-electron chi connectivity index (χ4n) is 1.39. The Hall–Kier alpha value is -1.77. The van der Waals surface area contributed by atoms with E-state index < -0.39 is 5.82 Å². The molecule has 0 amide bonds. The lowest BCUT2D eigenvalue weighted by atomic mass is 10.1. The van der Waals surface area contributed by atoms with Gasteiger partial charge in [-0.25, -0.2) is 4.39 Å². The number of benzene rings is 2. The van der Waals surface area contributed by atoms with E-state index >= 15 is 0 Å². The molecule has 0 unspecified atom stereocenters. The standard InChI is InChI=1S/C11H9FO2/c1-14-8-3-4-9-7(6-8)2-5-10(12)11(9)13/h2-6,13H,1H3. The van der Waals surface area contributed by atoms with Crippen molar-refractivity contribution >= 4 is 10.8 Å². The molecule has 72 valence electrons. The Morgan fingerprint density at radius 1 is 1.21 bits per heavy atom. The molecule has 0 saturated carbocycles. The molecule has 2 rings (SSSR count). The summed E-state index contributed by atoms with van der Waals surface area (Å²) in [6.45, 7) is 0. The largest absolute Gasteiger partial charge is 0.504 e. The Labute approximate surface area is 80.6 Å². The third-order valence-electron chi connectivity index (χ3n) is 2.15. The van der Waals surface area contributed by atoms with Gasteiger partial charge in [-0.05, 0) is 29.7 Å². The van der Waals surface area contributed by atoms with Gasteiger partial charge >= 0.3 is 0 Å². The first-order valence-corrected chi connectivity index (χ1v) is 4.17. The average molecular weight is 192 g/mol. The van der Waals surface area contributed by atoms with Gasteiger partial charge in [-0.1, -0.05) is 6.07 Å². The minimum absolute atomic E-state index is 0.315. The summed E-state index contributed by atoms with van der Waals surface area (Å²) in [4.78, 5) is 0. The normalized spacial score (nSPS) is 10.4. The van der Waals surface area contributed by atoms with Crippen LogP contribution in [0.5, 0.6) is 11.5 Å². The molecule has 3 heteroatoms. The molecule has 0 saturated heterocycles. The summed E-state index contributed by atoms with van der Waals surface area (Å²) in [7, 11) is 1.56. The number of phenols is 1. The summed E-state index contributed by atoms with van der Waals surface area (Å²) in [5.74, 6) is -0.240. The number of aromatic hydroxyl groups is 1. The number of hydrogen-bond acceptors (Lipinski definition) is 2. The molecule has 0 aromatic heterocycles. The van der Waals surface area contributed by atoms with Crippen LogP contribution in [-0.2, 0) is 0 Å². The first-order chi connectivity index (χ1) is 6.72. The summed E-state index contributed by atoms with van der Waals surface area (Å²) in [6.07, 6.45) is 0. The molecule has 0 bridgehead atoms. The SMILES string of the molecule is COc1ccc2c(O)c(F)ccc2c1. The number of methoxy groups -OCH3 is 1. The number of fused-ring (bicyclic) bond motifs is 1. The van der Waals surface area contributed by atoms with Gasteiger partial charge in [0.05, 0.1) is 7.11 Å². The monoisotopic (exact) mass is 192 g/mol. The number of rotatable bonds is 1. The van der Waals surface area contributed by atoms with E-state index in [1.807, 2.05) is 0 Å². The van der Waals surface area contributed by atoms with E-state index in [9.17, 15) is 9.50 Å². The number of halogens is 1. The van der Waals surface area contributed by atoms with Crippen molar-refractivity contribution < 1.29 is 14.2 Å². The average Bonchev–Trinajstić information content (AvgIpc) is 2.23. The molecule has 2 nitrogen and oxygen atoms in total. The second-order valence-corrected chi connectivity index (χ2v) is 2.98. The smallest absolute Gasteiger partial charge is 0.165 e. The lowest BCUT2D eigenvalue weighted by Crippen LogP contribution is -1.84. The molecule has 0 spiro atoms. The Morgan fingerprint density at radius 3 is 2.71 bits per heavy atom. The highest BCUT2D eigenvalue weighted by Gasteiger charge is 2.05. The quantitative estimate of drug-likeness (QED) is 0.752. The molecular weight excluding hydrogens is 183 g/mol. The number of ether oxygens (including phenoxy) is 1. The van der Waals surface area contributed by atoms with Gasteiger partial charge in [0.15, 0.2) is 11.6 Å². The van der Waals surface area contributed by atoms with Gasteiger partial charge in [-0.2, -0.15) is 0 Å². The van der Waals surface area contributed by atoms with Gasteiger partial charge in [0.1, 0.15) is 5.75 Å². The van der Waals surface area contributed by atoms with Crippen LogP contribution in [0.25, 0.3) is 10.8 Å². The van der Waals surface area contributed by atoms with Crippen molar-refractivity contribution in [3.8, 4) is 11.5 Å². The minimum Gasteiger partial charge on any atom is -0.504 e. The first-order valence-electron chi connectivity index (χ1n) is 4.17. The Balaban J connectivity index is 2.74. The van der Waals surface area contributed by atoms with Crippen LogP contribution in [0.2, 0.25) is 0 Å². The van der Waals surface area contributed by atoms with Crippen molar-refractivity contribution in [2.45, 2.75) is 0 Å². The highest BCUT2D eigenvalue weighted by Crippen LogP contribution is 2.29. The molecule has 0 atom stereocenters. The fourth-order valence-corrected chi connectivity index (χ4v) is 1.39. The van der Waals surface area contributed by atoms with Crippen LogP contribution < -0.4 is 4.74 Å². The maximum absolute atomic E-state index is 12.9. The van der Waals surface area contributed by atoms with Gasteiger partial charge < -0.3 is 9.84 Å². The molecule has 2 aromatic rings. The molecule has 1 N–H and O–H groups in total. The third kappa shape index (κ3) is 1.27. The van der Waals surface area contributed by atoms with Crippen LogP contribution in [0.4, 0.5) is 4.39 Å². The van der Waals surface area contributed by atoms with Gasteiger partial charge in [0.25, 0.3) is 0 Å². The van der Waals surface area contributed by atoms with Crippen LogP contribution in [-0.4, -0.2) is 12.2 Å². The highest BCUT2D eigenvalue weighted by atomic mass is 19.1. The van der Waals surface area contributed by atoms with E-state index in [-0.39, 0.29) is 5.75 Å². The van der Waals surface area contributed by atoms with E-state index in [2.05, 4.69) is 0 Å².